The fraction of sp³-hybridized carbons (Fsp3) is 0.235. The van der Waals surface area contributed by atoms with E-state index in [2.05, 4.69) is 9.46 Å². The molecule has 0 aliphatic heterocycles. The highest BCUT2D eigenvalue weighted by Gasteiger charge is 2.17. The second kappa shape index (κ2) is 8.26. The molecule has 0 aliphatic rings. The molecule has 8 heteroatoms. The van der Waals surface area contributed by atoms with Crippen molar-refractivity contribution in [1.82, 2.24) is 0 Å². The molecule has 0 unspecified atom stereocenters. The average molecular weight is 381 g/mol. The first-order valence-electron chi connectivity index (χ1n) is 7.33. The Labute approximate surface area is 151 Å². The van der Waals surface area contributed by atoms with Gasteiger partial charge in [0.05, 0.1) is 17.7 Å². The van der Waals surface area contributed by atoms with Gasteiger partial charge in [0.1, 0.15) is 5.75 Å². The van der Waals surface area contributed by atoms with Crippen LogP contribution in [-0.4, -0.2) is 34.4 Å². The van der Waals surface area contributed by atoms with Crippen molar-refractivity contribution in [3.05, 3.63) is 48.0 Å². The monoisotopic (exact) mass is 381 g/mol. The van der Waals surface area contributed by atoms with Crippen LogP contribution >= 0.6 is 11.8 Å². The third-order valence-corrected chi connectivity index (χ3v) is 5.54. The third-order valence-electron chi connectivity index (χ3n) is 3.38. The summed E-state index contributed by atoms with van der Waals surface area (Å²) in [6.07, 6.45) is 1.88. The number of methoxy groups -OCH3 is 1. The van der Waals surface area contributed by atoms with Crippen molar-refractivity contribution in [2.75, 3.05) is 24.7 Å². The fourth-order valence-corrected chi connectivity index (χ4v) is 3.86. The van der Waals surface area contributed by atoms with Crippen molar-refractivity contribution in [2.45, 2.75) is 16.7 Å². The van der Waals surface area contributed by atoms with E-state index in [1.807, 2.05) is 18.4 Å². The second-order valence-electron chi connectivity index (χ2n) is 5.10. The lowest BCUT2D eigenvalue weighted by Gasteiger charge is -2.13. The van der Waals surface area contributed by atoms with E-state index < -0.39 is 16.0 Å². The number of ether oxygens (including phenoxy) is 2. The van der Waals surface area contributed by atoms with E-state index in [0.29, 0.717) is 17.0 Å². The quantitative estimate of drug-likeness (QED) is 0.586. The minimum atomic E-state index is -3.73. The number of carbonyl (C=O) groups is 1. The van der Waals surface area contributed by atoms with E-state index in [1.54, 1.807) is 19.1 Å². The summed E-state index contributed by atoms with van der Waals surface area (Å²) in [7, 11) is -2.46. The normalized spacial score (nSPS) is 11.0. The Morgan fingerprint density at radius 2 is 1.92 bits per heavy atom. The molecule has 6 nitrogen and oxygen atoms in total. The molecule has 0 heterocycles. The average Bonchev–Trinajstić information content (AvgIpc) is 2.60. The van der Waals surface area contributed by atoms with Gasteiger partial charge in [-0.25, -0.2) is 13.2 Å². The van der Waals surface area contributed by atoms with Gasteiger partial charge in [-0.05, 0) is 49.1 Å². The summed E-state index contributed by atoms with van der Waals surface area (Å²) >= 11 is 1.46. The maximum Gasteiger partial charge on any atom is 0.343 e. The molecule has 0 atom stereocenters. The first kappa shape index (κ1) is 19.1. The van der Waals surface area contributed by atoms with Crippen LogP contribution in [0.25, 0.3) is 0 Å². The van der Waals surface area contributed by atoms with Crippen LogP contribution < -0.4 is 9.46 Å². The van der Waals surface area contributed by atoms with E-state index in [1.165, 1.54) is 37.1 Å². The summed E-state index contributed by atoms with van der Waals surface area (Å²) in [5.41, 5.74) is 1.13. The summed E-state index contributed by atoms with van der Waals surface area (Å²) in [4.78, 5) is 12.1. The number of carbonyl (C=O) groups excluding carboxylic acids is 1. The van der Waals surface area contributed by atoms with Crippen LogP contribution in [0.4, 0.5) is 5.69 Å². The van der Waals surface area contributed by atoms with Gasteiger partial charge < -0.3 is 9.47 Å². The lowest BCUT2D eigenvalue weighted by molar-refractivity contribution is -0.142. The number of anilines is 1. The van der Waals surface area contributed by atoms with Gasteiger partial charge in [0.25, 0.3) is 10.0 Å². The first-order valence-corrected chi connectivity index (χ1v) is 10.0. The summed E-state index contributed by atoms with van der Waals surface area (Å²) < 4.78 is 37.6. The molecule has 0 amide bonds. The maximum atomic E-state index is 12.6. The van der Waals surface area contributed by atoms with Crippen LogP contribution in [0, 0.1) is 6.92 Å². The van der Waals surface area contributed by atoms with Crippen LogP contribution in [0.5, 0.6) is 5.75 Å². The molecule has 0 aromatic heterocycles. The van der Waals surface area contributed by atoms with Crippen LogP contribution in [-0.2, 0) is 19.6 Å². The molecule has 2 aromatic carbocycles. The Morgan fingerprint density at radius 3 is 2.56 bits per heavy atom. The molecule has 0 spiro atoms. The SMILES string of the molecule is COC(=O)COc1ccc(S(=O)(=O)Nc2ccccc2SC)cc1C. The minimum absolute atomic E-state index is 0.117. The van der Waals surface area contributed by atoms with Gasteiger partial charge in [0, 0.05) is 4.90 Å². The largest absolute Gasteiger partial charge is 0.482 e. The zero-order chi connectivity index (χ0) is 18.4. The Hall–Kier alpha value is -2.19. The van der Waals surface area contributed by atoms with Crippen molar-refractivity contribution >= 4 is 33.4 Å². The first-order chi connectivity index (χ1) is 11.9. The molecule has 2 aromatic rings. The summed E-state index contributed by atoms with van der Waals surface area (Å²) in [6.45, 7) is 1.48. The summed E-state index contributed by atoms with van der Waals surface area (Å²) in [5, 5.41) is 0. The highest BCUT2D eigenvalue weighted by atomic mass is 32.2. The van der Waals surface area contributed by atoms with Gasteiger partial charge in [-0.15, -0.1) is 11.8 Å². The summed E-state index contributed by atoms with van der Waals surface area (Å²) in [6, 6.07) is 11.6. The Kier molecular flexibility index (Phi) is 6.33. The number of sulfonamides is 1. The molecule has 1 N–H and O–H groups in total. The predicted octanol–water partition coefficient (Wildman–Crippen LogP) is 3.07. The van der Waals surface area contributed by atoms with Crippen LogP contribution in [0.1, 0.15) is 5.56 Å². The van der Waals surface area contributed by atoms with Crippen LogP contribution in [0.2, 0.25) is 0 Å². The molecule has 0 aliphatic carbocycles. The highest BCUT2D eigenvalue weighted by Crippen LogP contribution is 2.28. The van der Waals surface area contributed by atoms with Crippen LogP contribution in [0.3, 0.4) is 0 Å². The number of thioether (sulfide) groups is 1. The fourth-order valence-electron chi connectivity index (χ4n) is 2.08. The lowest BCUT2D eigenvalue weighted by Crippen LogP contribution is -2.15. The van der Waals surface area contributed by atoms with E-state index in [0.717, 1.165) is 4.90 Å². The molecule has 25 heavy (non-hydrogen) atoms. The van der Waals surface area contributed by atoms with E-state index in [4.69, 9.17) is 4.74 Å². The topological polar surface area (TPSA) is 81.7 Å². The van der Waals surface area contributed by atoms with Crippen molar-refractivity contribution < 1.29 is 22.7 Å². The number of hydrogen-bond acceptors (Lipinski definition) is 6. The number of aryl methyl sites for hydroxylation is 1. The molecule has 0 saturated heterocycles. The number of nitrogens with one attached hydrogen (secondary N) is 1. The number of para-hydroxylation sites is 1. The molecule has 134 valence electrons. The molecular weight excluding hydrogens is 362 g/mol. The van der Waals surface area contributed by atoms with Crippen molar-refractivity contribution in [3.63, 3.8) is 0 Å². The van der Waals surface area contributed by atoms with Gasteiger partial charge >= 0.3 is 5.97 Å². The van der Waals surface area contributed by atoms with Crippen molar-refractivity contribution in [2.24, 2.45) is 0 Å². The molecule has 0 radical (unpaired) electrons. The summed E-state index contributed by atoms with van der Waals surface area (Å²) in [5.74, 6) is -0.0831. The van der Waals surface area contributed by atoms with Gasteiger partial charge in [-0.3, -0.25) is 4.72 Å². The second-order valence-corrected chi connectivity index (χ2v) is 7.63. The minimum Gasteiger partial charge on any atom is -0.482 e. The molecule has 2 rings (SSSR count). The Morgan fingerprint density at radius 1 is 1.20 bits per heavy atom. The standard InChI is InChI=1S/C17H19NO5S2/c1-12-10-13(8-9-15(12)23-11-17(19)22-2)25(20,21)18-14-6-4-5-7-16(14)24-3/h4-10,18H,11H2,1-3H3. The maximum absolute atomic E-state index is 12.6. The Balaban J connectivity index is 2.22. The number of esters is 1. The third kappa shape index (κ3) is 4.90. The van der Waals surface area contributed by atoms with E-state index in [9.17, 15) is 13.2 Å². The molecule has 0 bridgehead atoms. The van der Waals surface area contributed by atoms with Gasteiger partial charge in [0.15, 0.2) is 6.61 Å². The van der Waals surface area contributed by atoms with E-state index >= 15 is 0 Å². The highest BCUT2D eigenvalue weighted by molar-refractivity contribution is 7.99. The molecular formula is C17H19NO5S2. The zero-order valence-corrected chi connectivity index (χ0v) is 15.7. The number of rotatable bonds is 7. The molecule has 0 fully saturated rings. The van der Waals surface area contributed by atoms with Crippen molar-refractivity contribution in [1.29, 1.82) is 0 Å². The number of benzene rings is 2. The van der Waals surface area contributed by atoms with Crippen molar-refractivity contribution in [3.8, 4) is 5.75 Å². The van der Waals surface area contributed by atoms with Gasteiger partial charge in [0.2, 0.25) is 0 Å². The number of hydrogen-bond donors (Lipinski definition) is 1. The van der Waals surface area contributed by atoms with Crippen LogP contribution in [0.15, 0.2) is 52.3 Å². The smallest absolute Gasteiger partial charge is 0.343 e. The van der Waals surface area contributed by atoms with E-state index in [-0.39, 0.29) is 11.5 Å². The van der Waals surface area contributed by atoms with Gasteiger partial charge in [-0.2, -0.15) is 0 Å². The molecule has 0 saturated carbocycles. The Bertz CT molecular complexity index is 865. The predicted molar refractivity (Wildman–Crippen MR) is 97.7 cm³/mol. The van der Waals surface area contributed by atoms with Gasteiger partial charge in [-0.1, -0.05) is 12.1 Å². The lowest BCUT2D eigenvalue weighted by atomic mass is 10.2. The zero-order valence-electron chi connectivity index (χ0n) is 14.1.